The lowest BCUT2D eigenvalue weighted by atomic mass is 10.1. The molecule has 1 heterocycles. The highest BCUT2D eigenvalue weighted by Gasteiger charge is 2.05. The fraction of sp³-hybridized carbons (Fsp3) is 0.143. The Bertz CT molecular complexity index is 609. The SMILES string of the molecule is Cc1cc(Oc2cccc(C#N)n2)cc(C)c1Br. The van der Waals surface area contributed by atoms with Gasteiger partial charge in [0.15, 0.2) is 0 Å². The van der Waals surface area contributed by atoms with Gasteiger partial charge in [0.1, 0.15) is 17.5 Å². The minimum Gasteiger partial charge on any atom is -0.439 e. The van der Waals surface area contributed by atoms with Crippen molar-refractivity contribution in [2.24, 2.45) is 0 Å². The molecule has 0 unspecified atom stereocenters. The first-order valence-electron chi connectivity index (χ1n) is 5.42. The average Bonchev–Trinajstić information content (AvgIpc) is 2.36. The molecular formula is C14H11BrN2O. The molecule has 2 aromatic rings. The van der Waals surface area contributed by atoms with Crippen LogP contribution in [0.15, 0.2) is 34.8 Å². The lowest BCUT2D eigenvalue weighted by molar-refractivity contribution is 0.461. The third-order valence-electron chi connectivity index (χ3n) is 2.47. The number of aryl methyl sites for hydroxylation is 2. The maximum atomic E-state index is 8.78. The third-order valence-corrected chi connectivity index (χ3v) is 3.72. The van der Waals surface area contributed by atoms with Crippen molar-refractivity contribution in [3.05, 3.63) is 51.6 Å². The molecule has 0 saturated heterocycles. The summed E-state index contributed by atoms with van der Waals surface area (Å²) in [6.07, 6.45) is 0. The number of halogens is 1. The summed E-state index contributed by atoms with van der Waals surface area (Å²) in [5, 5.41) is 8.78. The Morgan fingerprint density at radius 2 is 1.89 bits per heavy atom. The van der Waals surface area contributed by atoms with E-state index in [-0.39, 0.29) is 0 Å². The van der Waals surface area contributed by atoms with Crippen LogP contribution in [-0.2, 0) is 0 Å². The molecule has 0 bridgehead atoms. The minimum absolute atomic E-state index is 0.345. The van der Waals surface area contributed by atoms with E-state index < -0.39 is 0 Å². The molecule has 0 aliphatic heterocycles. The van der Waals surface area contributed by atoms with E-state index in [9.17, 15) is 0 Å². The fourth-order valence-corrected chi connectivity index (χ4v) is 1.85. The summed E-state index contributed by atoms with van der Waals surface area (Å²) in [6, 6.07) is 11.0. The van der Waals surface area contributed by atoms with E-state index >= 15 is 0 Å². The number of pyridine rings is 1. The maximum Gasteiger partial charge on any atom is 0.220 e. The van der Waals surface area contributed by atoms with Crippen LogP contribution in [0.2, 0.25) is 0 Å². The lowest BCUT2D eigenvalue weighted by Crippen LogP contribution is -1.92. The number of rotatable bonds is 2. The van der Waals surface area contributed by atoms with Crippen molar-refractivity contribution >= 4 is 15.9 Å². The smallest absolute Gasteiger partial charge is 0.220 e. The Balaban J connectivity index is 2.32. The zero-order chi connectivity index (χ0) is 13.1. The predicted octanol–water partition coefficient (Wildman–Crippen LogP) is 4.12. The zero-order valence-electron chi connectivity index (χ0n) is 10.1. The highest BCUT2D eigenvalue weighted by atomic mass is 79.9. The predicted molar refractivity (Wildman–Crippen MR) is 72.6 cm³/mol. The Hall–Kier alpha value is -1.86. The number of ether oxygens (including phenoxy) is 1. The van der Waals surface area contributed by atoms with Crippen LogP contribution in [-0.4, -0.2) is 4.98 Å². The Morgan fingerprint density at radius 1 is 1.22 bits per heavy atom. The van der Waals surface area contributed by atoms with Crippen molar-refractivity contribution in [1.82, 2.24) is 4.98 Å². The molecular weight excluding hydrogens is 292 g/mol. The van der Waals surface area contributed by atoms with Crippen LogP contribution in [0.1, 0.15) is 16.8 Å². The molecule has 0 saturated carbocycles. The minimum atomic E-state index is 0.345. The van der Waals surface area contributed by atoms with Gasteiger partial charge >= 0.3 is 0 Å². The van der Waals surface area contributed by atoms with Crippen molar-refractivity contribution in [1.29, 1.82) is 5.26 Å². The van der Waals surface area contributed by atoms with Crippen molar-refractivity contribution < 1.29 is 4.74 Å². The molecule has 0 N–H and O–H groups in total. The van der Waals surface area contributed by atoms with Crippen molar-refractivity contribution in [2.45, 2.75) is 13.8 Å². The summed E-state index contributed by atoms with van der Waals surface area (Å²) >= 11 is 3.51. The maximum absolute atomic E-state index is 8.78. The van der Waals surface area contributed by atoms with Gasteiger partial charge in [0, 0.05) is 10.5 Å². The van der Waals surface area contributed by atoms with E-state index in [0.717, 1.165) is 21.3 Å². The normalized spacial score (nSPS) is 9.89. The van der Waals surface area contributed by atoms with Crippen LogP contribution in [0, 0.1) is 25.2 Å². The molecule has 4 heteroatoms. The van der Waals surface area contributed by atoms with E-state index in [2.05, 4.69) is 20.9 Å². The van der Waals surface area contributed by atoms with E-state index in [1.807, 2.05) is 32.0 Å². The van der Waals surface area contributed by atoms with Crippen LogP contribution < -0.4 is 4.74 Å². The fourth-order valence-electron chi connectivity index (χ4n) is 1.62. The van der Waals surface area contributed by atoms with E-state index in [1.54, 1.807) is 18.2 Å². The molecule has 90 valence electrons. The standard InChI is InChI=1S/C14H11BrN2O/c1-9-6-12(7-10(2)14(9)15)18-13-5-3-4-11(8-16)17-13/h3-7H,1-2H3. The number of nitrogens with zero attached hydrogens (tertiary/aromatic N) is 2. The zero-order valence-corrected chi connectivity index (χ0v) is 11.7. The van der Waals surface area contributed by atoms with Gasteiger partial charge < -0.3 is 4.74 Å². The second-order valence-electron chi connectivity index (χ2n) is 3.95. The van der Waals surface area contributed by atoms with E-state index in [0.29, 0.717) is 11.6 Å². The molecule has 2 rings (SSSR count). The van der Waals surface area contributed by atoms with Gasteiger partial charge in [-0.2, -0.15) is 5.26 Å². The van der Waals surface area contributed by atoms with E-state index in [4.69, 9.17) is 10.00 Å². The molecule has 18 heavy (non-hydrogen) atoms. The van der Waals surface area contributed by atoms with Gasteiger partial charge in [0.05, 0.1) is 0 Å². The van der Waals surface area contributed by atoms with Gasteiger partial charge in [-0.15, -0.1) is 0 Å². The third kappa shape index (κ3) is 2.69. The summed E-state index contributed by atoms with van der Waals surface area (Å²) in [7, 11) is 0. The largest absolute Gasteiger partial charge is 0.439 e. The first kappa shape index (κ1) is 12.6. The molecule has 0 amide bonds. The van der Waals surface area contributed by atoms with Crippen molar-refractivity contribution in [2.75, 3.05) is 0 Å². The first-order valence-corrected chi connectivity index (χ1v) is 6.21. The molecule has 0 radical (unpaired) electrons. The Morgan fingerprint density at radius 3 is 2.50 bits per heavy atom. The van der Waals surface area contributed by atoms with Crippen molar-refractivity contribution in [3.63, 3.8) is 0 Å². The topological polar surface area (TPSA) is 45.9 Å². The number of nitriles is 1. The van der Waals surface area contributed by atoms with Gasteiger partial charge in [-0.3, -0.25) is 0 Å². The Labute approximate surface area is 114 Å². The summed E-state index contributed by atoms with van der Waals surface area (Å²) in [4.78, 5) is 4.07. The van der Waals surface area contributed by atoms with Gasteiger partial charge in [-0.05, 0) is 43.2 Å². The van der Waals surface area contributed by atoms with Gasteiger partial charge in [0.2, 0.25) is 5.88 Å². The van der Waals surface area contributed by atoms with E-state index in [1.165, 1.54) is 0 Å². The first-order chi connectivity index (χ1) is 8.60. The lowest BCUT2D eigenvalue weighted by Gasteiger charge is -2.09. The monoisotopic (exact) mass is 302 g/mol. The number of benzene rings is 1. The molecule has 1 aromatic carbocycles. The quantitative estimate of drug-likeness (QED) is 0.838. The number of hydrogen-bond acceptors (Lipinski definition) is 3. The number of aromatic nitrogens is 1. The van der Waals surface area contributed by atoms with Crippen LogP contribution in [0.3, 0.4) is 0 Å². The summed E-state index contributed by atoms with van der Waals surface area (Å²) in [5.74, 6) is 1.14. The summed E-state index contributed by atoms with van der Waals surface area (Å²) in [5.41, 5.74) is 2.54. The highest BCUT2D eigenvalue weighted by Crippen LogP contribution is 2.28. The second-order valence-corrected chi connectivity index (χ2v) is 4.74. The molecule has 0 atom stereocenters. The van der Waals surface area contributed by atoms with Crippen LogP contribution in [0.5, 0.6) is 11.6 Å². The van der Waals surface area contributed by atoms with Gasteiger partial charge in [-0.1, -0.05) is 22.0 Å². The summed E-state index contributed by atoms with van der Waals surface area (Å²) in [6.45, 7) is 4.01. The molecule has 0 aliphatic rings. The van der Waals surface area contributed by atoms with Crippen LogP contribution in [0.4, 0.5) is 0 Å². The molecule has 0 fully saturated rings. The average molecular weight is 303 g/mol. The molecule has 1 aromatic heterocycles. The molecule has 3 nitrogen and oxygen atoms in total. The number of hydrogen-bond donors (Lipinski definition) is 0. The van der Waals surface area contributed by atoms with Crippen LogP contribution in [0.25, 0.3) is 0 Å². The van der Waals surface area contributed by atoms with Crippen molar-refractivity contribution in [3.8, 4) is 17.7 Å². The Kier molecular flexibility index (Phi) is 3.63. The molecule has 0 aliphatic carbocycles. The summed E-state index contributed by atoms with van der Waals surface area (Å²) < 4.78 is 6.73. The highest BCUT2D eigenvalue weighted by molar-refractivity contribution is 9.10. The van der Waals surface area contributed by atoms with Gasteiger partial charge in [0.25, 0.3) is 0 Å². The molecule has 0 spiro atoms. The van der Waals surface area contributed by atoms with Crippen LogP contribution >= 0.6 is 15.9 Å². The second kappa shape index (κ2) is 5.19. The van der Waals surface area contributed by atoms with Gasteiger partial charge in [-0.25, -0.2) is 4.98 Å².